The highest BCUT2D eigenvalue weighted by molar-refractivity contribution is 5.81. The highest BCUT2D eigenvalue weighted by atomic mass is 16.5. The van der Waals surface area contributed by atoms with Crippen molar-refractivity contribution in [3.63, 3.8) is 0 Å². The van der Waals surface area contributed by atoms with Gasteiger partial charge in [0.05, 0.1) is 6.61 Å². The van der Waals surface area contributed by atoms with Crippen LogP contribution in [0.2, 0.25) is 0 Å². The highest BCUT2D eigenvalue weighted by Gasteiger charge is 2.50. The van der Waals surface area contributed by atoms with E-state index >= 15 is 0 Å². The Bertz CT molecular complexity index is 233. The molecule has 3 heteroatoms. The topological polar surface area (TPSA) is 38.3 Å². The standard InChI is InChI=1S/C11H19NO2/c1-3-14-10(13)11(2,8-4-5-8)12-9-6-7-9/h8-9,12H,3-7H2,1-2H3. The van der Waals surface area contributed by atoms with Gasteiger partial charge >= 0.3 is 5.97 Å². The van der Waals surface area contributed by atoms with Crippen LogP contribution in [0.5, 0.6) is 0 Å². The zero-order chi connectivity index (χ0) is 10.2. The van der Waals surface area contributed by atoms with Crippen molar-refractivity contribution in [2.45, 2.75) is 51.1 Å². The molecule has 2 rings (SSSR count). The van der Waals surface area contributed by atoms with E-state index in [9.17, 15) is 4.79 Å². The number of carbonyl (C=O) groups excluding carboxylic acids is 1. The van der Waals surface area contributed by atoms with E-state index in [4.69, 9.17) is 4.74 Å². The zero-order valence-corrected chi connectivity index (χ0v) is 9.01. The SMILES string of the molecule is CCOC(=O)C(C)(NC1CC1)C1CC1. The maximum Gasteiger partial charge on any atom is 0.326 e. The van der Waals surface area contributed by atoms with Crippen LogP contribution in [0.15, 0.2) is 0 Å². The first-order chi connectivity index (χ1) is 6.66. The van der Waals surface area contributed by atoms with Crippen LogP contribution in [0.3, 0.4) is 0 Å². The van der Waals surface area contributed by atoms with Crippen molar-refractivity contribution in [2.75, 3.05) is 6.61 Å². The molecule has 0 amide bonds. The molecule has 2 fully saturated rings. The quantitative estimate of drug-likeness (QED) is 0.678. The first-order valence-corrected chi connectivity index (χ1v) is 5.61. The van der Waals surface area contributed by atoms with Gasteiger partial charge in [0.15, 0.2) is 0 Å². The van der Waals surface area contributed by atoms with Gasteiger partial charge < -0.3 is 4.74 Å². The number of hydrogen-bond acceptors (Lipinski definition) is 3. The van der Waals surface area contributed by atoms with E-state index in [1.807, 2.05) is 13.8 Å². The molecule has 0 saturated heterocycles. The molecule has 0 aliphatic heterocycles. The second-order valence-electron chi connectivity index (χ2n) is 4.62. The highest BCUT2D eigenvalue weighted by Crippen LogP contribution is 2.42. The average Bonchev–Trinajstić information content (AvgIpc) is 2.99. The Morgan fingerprint density at radius 2 is 2.07 bits per heavy atom. The summed E-state index contributed by atoms with van der Waals surface area (Å²) in [5, 5.41) is 3.44. The number of esters is 1. The summed E-state index contributed by atoms with van der Waals surface area (Å²) in [6.07, 6.45) is 4.74. The van der Waals surface area contributed by atoms with E-state index in [0.717, 1.165) is 12.8 Å². The third kappa shape index (κ3) is 1.92. The predicted octanol–water partition coefficient (Wildman–Crippen LogP) is 1.47. The van der Waals surface area contributed by atoms with Gasteiger partial charge in [-0.3, -0.25) is 10.1 Å². The Morgan fingerprint density at radius 3 is 2.50 bits per heavy atom. The van der Waals surface area contributed by atoms with Crippen molar-refractivity contribution in [1.82, 2.24) is 5.32 Å². The summed E-state index contributed by atoms with van der Waals surface area (Å²) in [5.74, 6) is 0.441. The molecule has 0 aromatic carbocycles. The van der Waals surface area contributed by atoms with E-state index in [2.05, 4.69) is 5.32 Å². The Hall–Kier alpha value is -0.570. The minimum absolute atomic E-state index is 0.0607. The molecule has 1 N–H and O–H groups in total. The van der Waals surface area contributed by atoms with Crippen LogP contribution in [0.25, 0.3) is 0 Å². The molecule has 0 aromatic rings. The van der Waals surface area contributed by atoms with Crippen molar-refractivity contribution in [2.24, 2.45) is 5.92 Å². The first-order valence-electron chi connectivity index (χ1n) is 5.61. The van der Waals surface area contributed by atoms with Crippen molar-refractivity contribution < 1.29 is 9.53 Å². The molecule has 0 bridgehead atoms. The molecule has 1 unspecified atom stereocenters. The van der Waals surface area contributed by atoms with Gasteiger partial charge in [-0.2, -0.15) is 0 Å². The van der Waals surface area contributed by atoms with E-state index in [1.165, 1.54) is 12.8 Å². The zero-order valence-electron chi connectivity index (χ0n) is 9.01. The lowest BCUT2D eigenvalue weighted by Gasteiger charge is -2.28. The van der Waals surface area contributed by atoms with Crippen LogP contribution in [-0.2, 0) is 9.53 Å². The molecule has 1 atom stereocenters. The molecule has 14 heavy (non-hydrogen) atoms. The first kappa shape index (κ1) is 9.97. The maximum atomic E-state index is 11.8. The molecule has 0 heterocycles. The van der Waals surface area contributed by atoms with E-state index < -0.39 is 5.54 Å². The lowest BCUT2D eigenvalue weighted by molar-refractivity contribution is -0.151. The molecule has 80 valence electrons. The molecule has 0 aromatic heterocycles. The fourth-order valence-electron chi connectivity index (χ4n) is 1.94. The number of ether oxygens (including phenoxy) is 1. The van der Waals surface area contributed by atoms with Gasteiger partial charge in [-0.05, 0) is 45.4 Å². The molecule has 0 spiro atoms. The van der Waals surface area contributed by atoms with Crippen molar-refractivity contribution in [1.29, 1.82) is 0 Å². The number of hydrogen-bond donors (Lipinski definition) is 1. The van der Waals surface area contributed by atoms with Crippen molar-refractivity contribution in [3.05, 3.63) is 0 Å². The molecule has 2 aliphatic rings. The van der Waals surface area contributed by atoms with E-state index in [0.29, 0.717) is 18.6 Å². The van der Waals surface area contributed by atoms with Crippen LogP contribution in [-0.4, -0.2) is 24.2 Å². The van der Waals surface area contributed by atoms with Crippen molar-refractivity contribution >= 4 is 5.97 Å². The summed E-state index contributed by atoms with van der Waals surface area (Å²) in [6.45, 7) is 4.34. The molecular formula is C11H19NO2. The maximum absolute atomic E-state index is 11.8. The fraction of sp³-hybridized carbons (Fsp3) is 0.909. The normalized spacial score (nSPS) is 25.6. The molecule has 0 radical (unpaired) electrons. The largest absolute Gasteiger partial charge is 0.465 e. The second kappa shape index (κ2) is 3.54. The van der Waals surface area contributed by atoms with Gasteiger partial charge in [-0.25, -0.2) is 0 Å². The van der Waals surface area contributed by atoms with Crippen LogP contribution in [0.4, 0.5) is 0 Å². The number of carbonyl (C=O) groups is 1. The summed E-state index contributed by atoms with van der Waals surface area (Å²) in [6, 6.07) is 0.560. The van der Waals surface area contributed by atoms with E-state index in [-0.39, 0.29) is 5.97 Å². The Morgan fingerprint density at radius 1 is 1.43 bits per heavy atom. The lowest BCUT2D eigenvalue weighted by Crippen LogP contribution is -2.53. The van der Waals surface area contributed by atoms with Gasteiger partial charge in [-0.15, -0.1) is 0 Å². The smallest absolute Gasteiger partial charge is 0.326 e. The van der Waals surface area contributed by atoms with E-state index in [1.54, 1.807) is 0 Å². The molecule has 2 saturated carbocycles. The molecule has 3 nitrogen and oxygen atoms in total. The fourth-order valence-corrected chi connectivity index (χ4v) is 1.94. The summed E-state index contributed by atoms with van der Waals surface area (Å²) < 4.78 is 5.14. The average molecular weight is 197 g/mol. The summed E-state index contributed by atoms with van der Waals surface area (Å²) in [4.78, 5) is 11.8. The Balaban J connectivity index is 1.99. The summed E-state index contributed by atoms with van der Waals surface area (Å²) >= 11 is 0. The third-order valence-corrected chi connectivity index (χ3v) is 3.17. The minimum Gasteiger partial charge on any atom is -0.465 e. The predicted molar refractivity (Wildman–Crippen MR) is 53.9 cm³/mol. The van der Waals surface area contributed by atoms with Crippen LogP contribution in [0.1, 0.15) is 39.5 Å². The Kier molecular flexibility index (Phi) is 2.52. The van der Waals surface area contributed by atoms with Crippen LogP contribution < -0.4 is 5.32 Å². The molecule has 2 aliphatic carbocycles. The Labute approximate surface area is 85.2 Å². The second-order valence-corrected chi connectivity index (χ2v) is 4.62. The minimum atomic E-state index is -0.406. The monoisotopic (exact) mass is 197 g/mol. The van der Waals surface area contributed by atoms with Gasteiger partial charge in [-0.1, -0.05) is 0 Å². The van der Waals surface area contributed by atoms with Crippen LogP contribution >= 0.6 is 0 Å². The van der Waals surface area contributed by atoms with Crippen LogP contribution in [0, 0.1) is 5.92 Å². The number of rotatable bonds is 5. The third-order valence-electron chi connectivity index (χ3n) is 3.17. The molecular weight excluding hydrogens is 178 g/mol. The van der Waals surface area contributed by atoms with Gasteiger partial charge in [0.2, 0.25) is 0 Å². The van der Waals surface area contributed by atoms with Gasteiger partial charge in [0, 0.05) is 6.04 Å². The lowest BCUT2D eigenvalue weighted by atomic mass is 9.96. The van der Waals surface area contributed by atoms with Gasteiger partial charge in [0.25, 0.3) is 0 Å². The number of nitrogens with one attached hydrogen (secondary N) is 1. The summed E-state index contributed by atoms with van der Waals surface area (Å²) in [7, 11) is 0. The summed E-state index contributed by atoms with van der Waals surface area (Å²) in [5.41, 5.74) is -0.406. The van der Waals surface area contributed by atoms with Gasteiger partial charge in [0.1, 0.15) is 5.54 Å². The van der Waals surface area contributed by atoms with Crippen molar-refractivity contribution in [3.8, 4) is 0 Å².